The molecular formula is C12H17N5O. The van der Waals surface area contributed by atoms with E-state index in [1.54, 1.807) is 22.6 Å². The molecule has 0 atom stereocenters. The molecule has 0 aromatic carbocycles. The molecule has 0 spiro atoms. The first-order chi connectivity index (χ1) is 8.40. The fourth-order valence-electron chi connectivity index (χ4n) is 1.96. The van der Waals surface area contributed by atoms with E-state index in [9.17, 15) is 4.79 Å². The van der Waals surface area contributed by atoms with Crippen LogP contribution >= 0.6 is 0 Å². The fraction of sp³-hybridized carbons (Fsp3) is 0.417. The van der Waals surface area contributed by atoms with Gasteiger partial charge in [0.05, 0.1) is 28.3 Å². The van der Waals surface area contributed by atoms with E-state index in [2.05, 4.69) is 15.5 Å². The van der Waals surface area contributed by atoms with Gasteiger partial charge < -0.3 is 5.32 Å². The monoisotopic (exact) mass is 247 g/mol. The standard InChI is InChI=1S/C12H17N5O/c1-7-10(6-16(4)14-7)12(18)13-11-8(2)15-17(5)9(11)3/h6H,1-5H3,(H,13,18). The zero-order valence-corrected chi connectivity index (χ0v) is 11.3. The van der Waals surface area contributed by atoms with E-state index in [1.165, 1.54) is 0 Å². The number of hydrogen-bond acceptors (Lipinski definition) is 3. The summed E-state index contributed by atoms with van der Waals surface area (Å²) in [4.78, 5) is 12.2. The van der Waals surface area contributed by atoms with Gasteiger partial charge in [-0.05, 0) is 20.8 Å². The minimum absolute atomic E-state index is 0.153. The highest BCUT2D eigenvalue weighted by Crippen LogP contribution is 2.19. The molecule has 0 aliphatic carbocycles. The van der Waals surface area contributed by atoms with Crippen molar-refractivity contribution < 1.29 is 4.79 Å². The molecular weight excluding hydrogens is 230 g/mol. The smallest absolute Gasteiger partial charge is 0.259 e. The Morgan fingerprint density at radius 1 is 1.17 bits per heavy atom. The second kappa shape index (κ2) is 4.29. The number of carbonyl (C=O) groups is 1. The first kappa shape index (κ1) is 12.3. The van der Waals surface area contributed by atoms with Gasteiger partial charge >= 0.3 is 0 Å². The average molecular weight is 247 g/mol. The molecule has 0 fully saturated rings. The van der Waals surface area contributed by atoms with Crippen LogP contribution in [0.5, 0.6) is 0 Å². The van der Waals surface area contributed by atoms with Crippen molar-refractivity contribution in [3.05, 3.63) is 28.8 Å². The van der Waals surface area contributed by atoms with Gasteiger partial charge in [-0.15, -0.1) is 0 Å². The SMILES string of the molecule is Cc1nn(C)cc1C(=O)Nc1c(C)nn(C)c1C. The van der Waals surface area contributed by atoms with Crippen LogP contribution in [0.3, 0.4) is 0 Å². The Bertz CT molecular complexity index is 608. The van der Waals surface area contributed by atoms with E-state index < -0.39 is 0 Å². The number of rotatable bonds is 2. The van der Waals surface area contributed by atoms with Gasteiger partial charge in [0.25, 0.3) is 5.91 Å². The van der Waals surface area contributed by atoms with Crippen molar-refractivity contribution in [1.82, 2.24) is 19.6 Å². The van der Waals surface area contributed by atoms with Crippen LogP contribution in [0.1, 0.15) is 27.4 Å². The van der Waals surface area contributed by atoms with Gasteiger partial charge in [0.1, 0.15) is 0 Å². The van der Waals surface area contributed by atoms with Crippen LogP contribution < -0.4 is 5.32 Å². The number of nitrogens with one attached hydrogen (secondary N) is 1. The molecule has 18 heavy (non-hydrogen) atoms. The summed E-state index contributed by atoms with van der Waals surface area (Å²) >= 11 is 0. The lowest BCUT2D eigenvalue weighted by atomic mass is 10.2. The van der Waals surface area contributed by atoms with Crippen molar-refractivity contribution in [2.45, 2.75) is 20.8 Å². The summed E-state index contributed by atoms with van der Waals surface area (Å²) in [7, 11) is 3.65. The van der Waals surface area contributed by atoms with Crippen molar-refractivity contribution >= 4 is 11.6 Å². The van der Waals surface area contributed by atoms with Crippen molar-refractivity contribution in [3.63, 3.8) is 0 Å². The average Bonchev–Trinajstić information content (AvgIpc) is 2.73. The molecule has 0 unspecified atom stereocenters. The summed E-state index contributed by atoms with van der Waals surface area (Å²) in [5, 5.41) is 11.3. The molecule has 0 radical (unpaired) electrons. The van der Waals surface area contributed by atoms with Crippen molar-refractivity contribution in [1.29, 1.82) is 0 Å². The third-order valence-corrected chi connectivity index (χ3v) is 3.01. The molecule has 0 bridgehead atoms. The maximum atomic E-state index is 12.2. The summed E-state index contributed by atoms with van der Waals surface area (Å²) in [6, 6.07) is 0. The fourth-order valence-corrected chi connectivity index (χ4v) is 1.96. The van der Waals surface area contributed by atoms with Crippen LogP contribution in [0.15, 0.2) is 6.20 Å². The summed E-state index contributed by atoms with van der Waals surface area (Å²) in [5.74, 6) is -0.153. The van der Waals surface area contributed by atoms with Gasteiger partial charge in [-0.3, -0.25) is 14.2 Å². The molecule has 1 amide bonds. The zero-order chi connectivity index (χ0) is 13.4. The van der Waals surface area contributed by atoms with Gasteiger partial charge in [-0.2, -0.15) is 10.2 Å². The van der Waals surface area contributed by atoms with Crippen LogP contribution in [-0.2, 0) is 14.1 Å². The second-order valence-corrected chi connectivity index (χ2v) is 4.43. The quantitative estimate of drug-likeness (QED) is 0.870. The highest BCUT2D eigenvalue weighted by atomic mass is 16.1. The van der Waals surface area contributed by atoms with Gasteiger partial charge in [-0.25, -0.2) is 0 Å². The van der Waals surface area contributed by atoms with Gasteiger partial charge in [-0.1, -0.05) is 0 Å². The maximum absolute atomic E-state index is 12.2. The van der Waals surface area contributed by atoms with Crippen LogP contribution in [0.4, 0.5) is 5.69 Å². The van der Waals surface area contributed by atoms with Crippen LogP contribution in [0.2, 0.25) is 0 Å². The molecule has 1 N–H and O–H groups in total. The predicted molar refractivity (Wildman–Crippen MR) is 68.6 cm³/mol. The molecule has 96 valence electrons. The molecule has 6 heteroatoms. The van der Waals surface area contributed by atoms with Crippen LogP contribution in [0, 0.1) is 20.8 Å². The lowest BCUT2D eigenvalue weighted by molar-refractivity contribution is 0.102. The molecule has 0 saturated carbocycles. The second-order valence-electron chi connectivity index (χ2n) is 4.43. The van der Waals surface area contributed by atoms with Crippen molar-refractivity contribution in [2.75, 3.05) is 5.32 Å². The Morgan fingerprint density at radius 2 is 1.83 bits per heavy atom. The van der Waals surface area contributed by atoms with Crippen molar-refractivity contribution in [3.8, 4) is 0 Å². The van der Waals surface area contributed by atoms with Crippen LogP contribution in [0.25, 0.3) is 0 Å². The Morgan fingerprint density at radius 3 is 2.28 bits per heavy atom. The molecule has 0 saturated heterocycles. The first-order valence-electron chi connectivity index (χ1n) is 5.72. The van der Waals surface area contributed by atoms with E-state index in [-0.39, 0.29) is 5.91 Å². The molecule has 0 aliphatic heterocycles. The number of carbonyl (C=O) groups excluding carboxylic acids is 1. The summed E-state index contributed by atoms with van der Waals surface area (Å²) in [5.41, 5.74) is 3.81. The molecule has 2 aromatic rings. The summed E-state index contributed by atoms with van der Waals surface area (Å²) < 4.78 is 3.38. The van der Waals surface area contributed by atoms with Crippen molar-refractivity contribution in [2.24, 2.45) is 14.1 Å². The number of nitrogens with zero attached hydrogens (tertiary/aromatic N) is 4. The molecule has 6 nitrogen and oxygen atoms in total. The van der Waals surface area contributed by atoms with E-state index >= 15 is 0 Å². The predicted octanol–water partition coefficient (Wildman–Crippen LogP) is 1.33. The maximum Gasteiger partial charge on any atom is 0.259 e. The van der Waals surface area contributed by atoms with Crippen LogP contribution in [-0.4, -0.2) is 25.5 Å². The van der Waals surface area contributed by atoms with Gasteiger partial charge in [0.2, 0.25) is 0 Å². The Labute approximate surface area is 106 Å². The number of anilines is 1. The number of hydrogen-bond donors (Lipinski definition) is 1. The van der Waals surface area contributed by atoms with E-state index in [1.807, 2.05) is 27.8 Å². The Kier molecular flexibility index (Phi) is 2.94. The lowest BCUT2D eigenvalue weighted by Gasteiger charge is -2.04. The number of amides is 1. The lowest BCUT2D eigenvalue weighted by Crippen LogP contribution is -2.13. The molecule has 2 rings (SSSR count). The number of aromatic nitrogens is 4. The topological polar surface area (TPSA) is 64.7 Å². The normalized spacial score (nSPS) is 10.7. The minimum atomic E-state index is -0.153. The van der Waals surface area contributed by atoms with E-state index in [4.69, 9.17) is 0 Å². The van der Waals surface area contributed by atoms with Gasteiger partial charge in [0, 0.05) is 20.3 Å². The van der Waals surface area contributed by atoms with E-state index in [0.29, 0.717) is 11.3 Å². The molecule has 2 aromatic heterocycles. The third kappa shape index (κ3) is 2.01. The summed E-state index contributed by atoms with van der Waals surface area (Å²) in [6.45, 7) is 5.61. The largest absolute Gasteiger partial charge is 0.319 e. The highest BCUT2D eigenvalue weighted by Gasteiger charge is 2.16. The first-order valence-corrected chi connectivity index (χ1v) is 5.72. The van der Waals surface area contributed by atoms with E-state index in [0.717, 1.165) is 17.1 Å². The third-order valence-electron chi connectivity index (χ3n) is 3.01. The Hall–Kier alpha value is -2.11. The highest BCUT2D eigenvalue weighted by molar-refractivity contribution is 6.05. The zero-order valence-electron chi connectivity index (χ0n) is 11.3. The summed E-state index contributed by atoms with van der Waals surface area (Å²) in [6.07, 6.45) is 1.71. The molecule has 0 aliphatic rings. The molecule has 2 heterocycles. The minimum Gasteiger partial charge on any atom is -0.319 e. The Balaban J connectivity index is 2.29. The number of aryl methyl sites for hydroxylation is 4. The van der Waals surface area contributed by atoms with Gasteiger partial charge in [0.15, 0.2) is 0 Å².